The van der Waals surface area contributed by atoms with Gasteiger partial charge in [0.25, 0.3) is 0 Å². The molecule has 0 atom stereocenters. The summed E-state index contributed by atoms with van der Waals surface area (Å²) in [5.41, 5.74) is 0. The molecule has 0 amide bonds. The Balaban J connectivity index is 0. The molecule has 0 heterocycles. The van der Waals surface area contributed by atoms with Crippen molar-refractivity contribution in [1.82, 2.24) is 0 Å². The number of carboxylic acid groups (broad SMARTS) is 4. The molecule has 0 unspecified atom stereocenters. The summed E-state index contributed by atoms with van der Waals surface area (Å²) in [5.74, 6) is -5.89. The van der Waals surface area contributed by atoms with E-state index in [1.54, 1.807) is 6.92 Å². The molecular weight excluding hydrogens is 248 g/mol. The lowest BCUT2D eigenvalue weighted by Crippen LogP contribution is -2.22. The Morgan fingerprint density at radius 2 is 1.17 bits per heavy atom. The molecule has 0 aliphatic rings. The van der Waals surface area contributed by atoms with Gasteiger partial charge in [0.15, 0.2) is 5.92 Å². The molecule has 8 heteroatoms. The summed E-state index contributed by atoms with van der Waals surface area (Å²) in [6.07, 6.45) is 0.179. The number of carbonyl (C=O) groups is 4. The summed E-state index contributed by atoms with van der Waals surface area (Å²) < 4.78 is 0. The lowest BCUT2D eigenvalue weighted by molar-refractivity contribution is -0.154. The van der Waals surface area contributed by atoms with Crippen molar-refractivity contribution in [3.63, 3.8) is 0 Å². The molecule has 0 aromatic carbocycles. The van der Waals surface area contributed by atoms with Crippen LogP contribution in [0, 0.1) is 5.92 Å². The maximum absolute atomic E-state index is 10.2. The fourth-order valence-corrected chi connectivity index (χ4v) is 0.855. The van der Waals surface area contributed by atoms with Gasteiger partial charge in [0, 0.05) is 0 Å². The van der Waals surface area contributed by atoms with Crippen molar-refractivity contribution in [2.75, 3.05) is 0 Å². The Labute approximate surface area is 103 Å². The summed E-state index contributed by atoms with van der Waals surface area (Å²) in [7, 11) is 0. The number of hydrogen-bond donors (Lipinski definition) is 4. The van der Waals surface area contributed by atoms with E-state index >= 15 is 0 Å². The number of rotatable bonds is 7. The highest BCUT2D eigenvalue weighted by molar-refractivity contribution is 5.92. The van der Waals surface area contributed by atoms with Crippen molar-refractivity contribution in [2.45, 2.75) is 32.6 Å². The second kappa shape index (κ2) is 10.1. The van der Waals surface area contributed by atoms with Gasteiger partial charge in [-0.3, -0.25) is 19.2 Å². The topological polar surface area (TPSA) is 149 Å². The van der Waals surface area contributed by atoms with Crippen molar-refractivity contribution >= 4 is 23.9 Å². The molecule has 0 saturated heterocycles. The zero-order chi connectivity index (χ0) is 14.7. The van der Waals surface area contributed by atoms with E-state index in [4.69, 9.17) is 20.4 Å². The summed E-state index contributed by atoms with van der Waals surface area (Å²) in [6, 6.07) is 0. The molecule has 0 aliphatic carbocycles. The molecule has 0 radical (unpaired) electrons. The molecule has 0 aliphatic heterocycles. The van der Waals surface area contributed by atoms with Gasteiger partial charge >= 0.3 is 23.9 Å². The normalized spacial score (nSPS) is 9.22. The lowest BCUT2D eigenvalue weighted by Gasteiger charge is -2.02. The van der Waals surface area contributed by atoms with Crippen LogP contribution in [0.3, 0.4) is 0 Å². The van der Waals surface area contributed by atoms with Crippen LogP contribution in [0.5, 0.6) is 0 Å². The maximum Gasteiger partial charge on any atom is 0.317 e. The van der Waals surface area contributed by atoms with Gasteiger partial charge < -0.3 is 20.4 Å². The Kier molecular flexibility index (Phi) is 10.2. The standard InChI is InChI=1S/C6H10O4.C4H6O4/c1-2-3-4(5(7)8)6(9)10;5-3(6)1-2-4(7)8/h4H,2-3H2,1H3,(H,7,8)(H,9,10);1-2H2,(H,5,6)(H,7,8). The fraction of sp³-hybridized carbons (Fsp3) is 0.600. The van der Waals surface area contributed by atoms with Crippen LogP contribution in [-0.2, 0) is 19.2 Å². The van der Waals surface area contributed by atoms with Crippen LogP contribution < -0.4 is 0 Å². The zero-order valence-corrected chi connectivity index (χ0v) is 9.83. The van der Waals surface area contributed by atoms with Crippen molar-refractivity contribution in [3.05, 3.63) is 0 Å². The minimum absolute atomic E-state index is 0.199. The first-order valence-corrected chi connectivity index (χ1v) is 5.11. The van der Waals surface area contributed by atoms with Crippen LogP contribution in [0.2, 0.25) is 0 Å². The third-order valence-electron chi connectivity index (χ3n) is 1.73. The van der Waals surface area contributed by atoms with Gasteiger partial charge in [0.1, 0.15) is 0 Å². The lowest BCUT2D eigenvalue weighted by atomic mass is 10.1. The van der Waals surface area contributed by atoms with E-state index < -0.39 is 29.8 Å². The van der Waals surface area contributed by atoms with Gasteiger partial charge in [-0.05, 0) is 6.42 Å². The SMILES string of the molecule is CCCC(C(=O)O)C(=O)O.O=C(O)CCC(=O)O. The first-order chi connectivity index (χ1) is 8.22. The molecule has 0 bridgehead atoms. The van der Waals surface area contributed by atoms with Gasteiger partial charge in [-0.1, -0.05) is 13.3 Å². The van der Waals surface area contributed by atoms with Gasteiger partial charge in [-0.15, -0.1) is 0 Å². The minimum Gasteiger partial charge on any atom is -0.481 e. The Hall–Kier alpha value is -2.12. The van der Waals surface area contributed by atoms with E-state index in [0.29, 0.717) is 6.42 Å². The van der Waals surface area contributed by atoms with E-state index in [0.717, 1.165) is 0 Å². The largest absolute Gasteiger partial charge is 0.481 e. The van der Waals surface area contributed by atoms with Crippen molar-refractivity contribution in [1.29, 1.82) is 0 Å². The number of hydrogen-bond acceptors (Lipinski definition) is 4. The predicted molar refractivity (Wildman–Crippen MR) is 58.2 cm³/mol. The summed E-state index contributed by atoms with van der Waals surface area (Å²) in [6.45, 7) is 1.75. The molecule has 18 heavy (non-hydrogen) atoms. The third kappa shape index (κ3) is 12.0. The molecule has 8 nitrogen and oxygen atoms in total. The second-order valence-corrected chi connectivity index (χ2v) is 3.31. The van der Waals surface area contributed by atoms with Gasteiger partial charge in [0.05, 0.1) is 12.8 Å². The smallest absolute Gasteiger partial charge is 0.317 e. The highest BCUT2D eigenvalue weighted by Gasteiger charge is 2.23. The van der Waals surface area contributed by atoms with Crippen LogP contribution in [-0.4, -0.2) is 44.3 Å². The van der Waals surface area contributed by atoms with Gasteiger partial charge in [0.2, 0.25) is 0 Å². The molecular formula is C10H16O8. The molecule has 0 saturated carbocycles. The molecule has 0 rings (SSSR count). The molecule has 0 aromatic rings. The van der Waals surface area contributed by atoms with Crippen LogP contribution in [0.15, 0.2) is 0 Å². The molecule has 104 valence electrons. The highest BCUT2D eigenvalue weighted by Crippen LogP contribution is 2.05. The maximum atomic E-state index is 10.2. The third-order valence-corrected chi connectivity index (χ3v) is 1.73. The second-order valence-electron chi connectivity index (χ2n) is 3.31. The monoisotopic (exact) mass is 264 g/mol. The molecule has 0 fully saturated rings. The number of aliphatic carboxylic acids is 4. The average Bonchev–Trinajstić information content (AvgIpc) is 2.23. The van der Waals surface area contributed by atoms with E-state index in [1.165, 1.54) is 0 Å². The van der Waals surface area contributed by atoms with Crippen LogP contribution in [0.4, 0.5) is 0 Å². The van der Waals surface area contributed by atoms with E-state index in [9.17, 15) is 19.2 Å². The highest BCUT2D eigenvalue weighted by atomic mass is 16.4. The summed E-state index contributed by atoms with van der Waals surface area (Å²) in [5, 5.41) is 32.4. The summed E-state index contributed by atoms with van der Waals surface area (Å²) >= 11 is 0. The van der Waals surface area contributed by atoms with Crippen molar-refractivity contribution < 1.29 is 39.6 Å². The van der Waals surface area contributed by atoms with Gasteiger partial charge in [-0.25, -0.2) is 0 Å². The van der Waals surface area contributed by atoms with Crippen molar-refractivity contribution in [2.24, 2.45) is 5.92 Å². The van der Waals surface area contributed by atoms with E-state index in [2.05, 4.69) is 0 Å². The molecule has 4 N–H and O–H groups in total. The van der Waals surface area contributed by atoms with Crippen LogP contribution >= 0.6 is 0 Å². The fourth-order valence-electron chi connectivity index (χ4n) is 0.855. The van der Waals surface area contributed by atoms with Crippen molar-refractivity contribution in [3.8, 4) is 0 Å². The van der Waals surface area contributed by atoms with Crippen LogP contribution in [0.25, 0.3) is 0 Å². The van der Waals surface area contributed by atoms with E-state index in [-0.39, 0.29) is 19.3 Å². The molecule has 0 spiro atoms. The first kappa shape index (κ1) is 18.3. The first-order valence-electron chi connectivity index (χ1n) is 5.11. The minimum atomic E-state index is -1.26. The average molecular weight is 264 g/mol. The quantitative estimate of drug-likeness (QED) is 0.486. The Bertz CT molecular complexity index is 281. The Morgan fingerprint density at radius 1 is 0.833 bits per heavy atom. The Morgan fingerprint density at radius 3 is 1.28 bits per heavy atom. The van der Waals surface area contributed by atoms with Crippen LogP contribution in [0.1, 0.15) is 32.6 Å². The summed E-state index contributed by atoms with van der Waals surface area (Å²) in [4.78, 5) is 39.6. The van der Waals surface area contributed by atoms with Gasteiger partial charge in [-0.2, -0.15) is 0 Å². The zero-order valence-electron chi connectivity index (χ0n) is 9.83. The number of carboxylic acids is 4. The van der Waals surface area contributed by atoms with E-state index in [1.807, 2.05) is 0 Å². The predicted octanol–water partition coefficient (Wildman–Crippen LogP) is 0.508. The molecule has 0 aromatic heterocycles.